The highest BCUT2D eigenvalue weighted by atomic mass is 79.9. The van der Waals surface area contributed by atoms with Crippen molar-refractivity contribution >= 4 is 39.1 Å². The van der Waals surface area contributed by atoms with Crippen molar-refractivity contribution in [3.05, 3.63) is 44.9 Å². The number of nitrogens with one attached hydrogen (secondary N) is 1. The molecule has 116 valence electrons. The van der Waals surface area contributed by atoms with Crippen LogP contribution in [0.15, 0.2) is 22.7 Å². The number of fused-ring (bicyclic) bond motifs is 1. The molecule has 1 amide bonds. The van der Waals surface area contributed by atoms with Crippen LogP contribution in [0.3, 0.4) is 0 Å². The molecular formula is C15H16BrClN4O. The van der Waals surface area contributed by atoms with E-state index < -0.39 is 0 Å². The Kier molecular flexibility index (Phi) is 4.25. The Morgan fingerprint density at radius 2 is 2.18 bits per heavy atom. The van der Waals surface area contributed by atoms with Gasteiger partial charge < -0.3 is 14.8 Å². The fraction of sp³-hybridized carbons (Fsp3) is 0.333. The normalized spacial score (nSPS) is 14.7. The Balaban J connectivity index is 1.88. The third-order valence-corrected chi connectivity index (χ3v) is 5.15. The molecule has 0 unspecified atom stereocenters. The average molecular weight is 384 g/mol. The molecule has 0 saturated heterocycles. The number of imidazole rings is 1. The van der Waals surface area contributed by atoms with Crippen LogP contribution in [0.1, 0.15) is 22.0 Å². The lowest BCUT2D eigenvalue weighted by Crippen LogP contribution is -2.27. The van der Waals surface area contributed by atoms with Crippen LogP contribution in [0, 0.1) is 0 Å². The van der Waals surface area contributed by atoms with Gasteiger partial charge in [0.1, 0.15) is 0 Å². The molecule has 0 radical (unpaired) electrons. The molecule has 7 heteroatoms. The molecule has 2 aromatic rings. The first-order chi connectivity index (χ1) is 10.5. The standard InChI is InChI=1S/C15H16BrClN4O/c1-20-7-6-12-11(8-20)18-14(21(12)2)15(22)19-10-5-3-4-9(16)13(10)17/h3-5H,6-8H2,1-2H3,(H,19,22). The Morgan fingerprint density at radius 3 is 2.95 bits per heavy atom. The molecule has 1 N–H and O–H groups in total. The van der Waals surface area contributed by atoms with Gasteiger partial charge in [-0.2, -0.15) is 0 Å². The van der Waals surface area contributed by atoms with Crippen molar-refractivity contribution in [2.45, 2.75) is 13.0 Å². The maximum Gasteiger partial charge on any atom is 0.291 e. The summed E-state index contributed by atoms with van der Waals surface area (Å²) in [6, 6.07) is 5.42. The van der Waals surface area contributed by atoms with Crippen molar-refractivity contribution in [1.82, 2.24) is 14.5 Å². The van der Waals surface area contributed by atoms with E-state index in [1.165, 1.54) is 0 Å². The van der Waals surface area contributed by atoms with E-state index in [1.807, 2.05) is 23.7 Å². The van der Waals surface area contributed by atoms with Gasteiger partial charge in [-0.3, -0.25) is 4.79 Å². The average Bonchev–Trinajstić information content (AvgIpc) is 2.80. The Labute approximate surface area is 142 Å². The maximum atomic E-state index is 12.5. The molecule has 0 aliphatic carbocycles. The molecule has 0 atom stereocenters. The van der Waals surface area contributed by atoms with E-state index in [0.29, 0.717) is 16.5 Å². The van der Waals surface area contributed by atoms with Crippen LogP contribution < -0.4 is 5.32 Å². The minimum atomic E-state index is -0.250. The van der Waals surface area contributed by atoms with Gasteiger partial charge in [-0.05, 0) is 35.1 Å². The summed E-state index contributed by atoms with van der Waals surface area (Å²) < 4.78 is 2.62. The molecule has 2 heterocycles. The Hall–Kier alpha value is -1.37. The second-order valence-corrected chi connectivity index (χ2v) is 6.66. The lowest BCUT2D eigenvalue weighted by molar-refractivity contribution is 0.101. The third kappa shape index (κ3) is 2.78. The number of carbonyl (C=O) groups is 1. The van der Waals surface area contributed by atoms with Crippen molar-refractivity contribution in [3.8, 4) is 0 Å². The summed E-state index contributed by atoms with van der Waals surface area (Å²) in [6.45, 7) is 1.75. The van der Waals surface area contributed by atoms with Crippen LogP contribution in [-0.2, 0) is 20.0 Å². The summed E-state index contributed by atoms with van der Waals surface area (Å²) in [5.74, 6) is 0.163. The van der Waals surface area contributed by atoms with Gasteiger partial charge in [0.2, 0.25) is 0 Å². The van der Waals surface area contributed by atoms with E-state index in [0.717, 1.165) is 35.4 Å². The van der Waals surface area contributed by atoms with E-state index in [1.54, 1.807) is 6.07 Å². The number of benzene rings is 1. The molecule has 1 aromatic carbocycles. The summed E-state index contributed by atoms with van der Waals surface area (Å²) in [5, 5.41) is 3.31. The molecule has 0 saturated carbocycles. The number of amides is 1. The first kappa shape index (κ1) is 15.5. The maximum absolute atomic E-state index is 12.5. The van der Waals surface area contributed by atoms with Gasteiger partial charge >= 0.3 is 0 Å². The summed E-state index contributed by atoms with van der Waals surface area (Å²) >= 11 is 9.54. The monoisotopic (exact) mass is 382 g/mol. The van der Waals surface area contributed by atoms with Crippen molar-refractivity contribution in [2.24, 2.45) is 7.05 Å². The van der Waals surface area contributed by atoms with Gasteiger partial charge in [0.05, 0.1) is 16.4 Å². The molecule has 0 spiro atoms. The molecule has 0 fully saturated rings. The quantitative estimate of drug-likeness (QED) is 0.867. The SMILES string of the molecule is CN1CCc2c(nc(C(=O)Nc3cccc(Br)c3Cl)n2C)C1. The zero-order valence-electron chi connectivity index (χ0n) is 12.4. The number of nitrogens with zero attached hydrogens (tertiary/aromatic N) is 3. The molecule has 0 bridgehead atoms. The van der Waals surface area contributed by atoms with Gasteiger partial charge in [0, 0.05) is 36.7 Å². The summed E-state index contributed by atoms with van der Waals surface area (Å²) in [5.41, 5.74) is 2.67. The summed E-state index contributed by atoms with van der Waals surface area (Å²) in [6.07, 6.45) is 0.903. The van der Waals surface area contributed by atoms with E-state index in [2.05, 4.69) is 38.2 Å². The minimum Gasteiger partial charge on any atom is -0.327 e. The molecular weight excluding hydrogens is 368 g/mol. The summed E-state index contributed by atoms with van der Waals surface area (Å²) in [4.78, 5) is 19.2. The molecule has 1 aliphatic heterocycles. The van der Waals surface area contributed by atoms with Gasteiger partial charge in [0.25, 0.3) is 5.91 Å². The summed E-state index contributed by atoms with van der Waals surface area (Å²) in [7, 11) is 3.94. The highest BCUT2D eigenvalue weighted by molar-refractivity contribution is 9.10. The number of likely N-dealkylation sites (N-methyl/N-ethyl adjacent to an activating group) is 1. The van der Waals surface area contributed by atoms with Crippen LogP contribution in [-0.4, -0.2) is 34.0 Å². The van der Waals surface area contributed by atoms with Crippen molar-refractivity contribution in [1.29, 1.82) is 0 Å². The fourth-order valence-corrected chi connectivity index (χ4v) is 3.18. The molecule has 5 nitrogen and oxygen atoms in total. The highest BCUT2D eigenvalue weighted by Gasteiger charge is 2.24. The molecule has 22 heavy (non-hydrogen) atoms. The van der Waals surface area contributed by atoms with E-state index in [-0.39, 0.29) is 5.91 Å². The number of aromatic nitrogens is 2. The van der Waals surface area contributed by atoms with Crippen molar-refractivity contribution in [2.75, 3.05) is 18.9 Å². The third-order valence-electron chi connectivity index (χ3n) is 3.85. The van der Waals surface area contributed by atoms with Gasteiger partial charge in [-0.15, -0.1) is 0 Å². The number of hydrogen-bond donors (Lipinski definition) is 1. The zero-order chi connectivity index (χ0) is 15.9. The van der Waals surface area contributed by atoms with Gasteiger partial charge in [-0.25, -0.2) is 4.98 Å². The molecule has 1 aliphatic rings. The number of hydrogen-bond acceptors (Lipinski definition) is 3. The zero-order valence-corrected chi connectivity index (χ0v) is 14.7. The second kappa shape index (κ2) is 6.02. The van der Waals surface area contributed by atoms with Crippen LogP contribution in [0.25, 0.3) is 0 Å². The fourth-order valence-electron chi connectivity index (χ4n) is 2.64. The Morgan fingerprint density at radius 1 is 1.41 bits per heavy atom. The van der Waals surface area contributed by atoms with Gasteiger partial charge in [0.15, 0.2) is 5.82 Å². The number of halogens is 2. The number of anilines is 1. The smallest absolute Gasteiger partial charge is 0.291 e. The first-order valence-corrected chi connectivity index (χ1v) is 8.13. The van der Waals surface area contributed by atoms with Crippen LogP contribution in [0.2, 0.25) is 5.02 Å². The van der Waals surface area contributed by atoms with Gasteiger partial charge in [-0.1, -0.05) is 17.7 Å². The predicted molar refractivity (Wildman–Crippen MR) is 90.4 cm³/mol. The first-order valence-electron chi connectivity index (χ1n) is 6.95. The minimum absolute atomic E-state index is 0.250. The second-order valence-electron chi connectivity index (χ2n) is 5.43. The van der Waals surface area contributed by atoms with E-state index in [9.17, 15) is 4.79 Å². The highest BCUT2D eigenvalue weighted by Crippen LogP contribution is 2.30. The lowest BCUT2D eigenvalue weighted by Gasteiger charge is -2.21. The largest absolute Gasteiger partial charge is 0.327 e. The van der Waals surface area contributed by atoms with Crippen molar-refractivity contribution < 1.29 is 4.79 Å². The number of rotatable bonds is 2. The van der Waals surface area contributed by atoms with Crippen LogP contribution >= 0.6 is 27.5 Å². The topological polar surface area (TPSA) is 50.2 Å². The van der Waals surface area contributed by atoms with E-state index >= 15 is 0 Å². The van der Waals surface area contributed by atoms with Crippen molar-refractivity contribution in [3.63, 3.8) is 0 Å². The molecule has 1 aromatic heterocycles. The number of carbonyl (C=O) groups excluding carboxylic acids is 1. The van der Waals surface area contributed by atoms with Crippen LogP contribution in [0.4, 0.5) is 5.69 Å². The van der Waals surface area contributed by atoms with E-state index in [4.69, 9.17) is 11.6 Å². The lowest BCUT2D eigenvalue weighted by atomic mass is 10.1. The van der Waals surface area contributed by atoms with Crippen LogP contribution in [0.5, 0.6) is 0 Å². The Bertz CT molecular complexity index is 743. The molecule has 3 rings (SSSR count). The predicted octanol–water partition coefficient (Wildman–Crippen LogP) is 3.08.